The summed E-state index contributed by atoms with van der Waals surface area (Å²) in [5.41, 5.74) is 5.95. The van der Waals surface area contributed by atoms with Gasteiger partial charge in [0.25, 0.3) is 17.4 Å². The first-order chi connectivity index (χ1) is 14.0. The first-order valence-electron chi connectivity index (χ1n) is 9.43. The Kier molecular flexibility index (Phi) is 5.44. The lowest BCUT2D eigenvalue weighted by molar-refractivity contribution is 0.0846. The van der Waals surface area contributed by atoms with Crippen molar-refractivity contribution in [2.24, 2.45) is 0 Å². The minimum absolute atomic E-state index is 0.0684. The van der Waals surface area contributed by atoms with Gasteiger partial charge in [0, 0.05) is 23.0 Å². The molecule has 0 aliphatic carbocycles. The van der Waals surface area contributed by atoms with Crippen molar-refractivity contribution in [3.8, 4) is 0 Å². The Balaban J connectivity index is 1.56. The number of hydrazine groups is 1. The van der Waals surface area contributed by atoms with E-state index in [-0.39, 0.29) is 5.56 Å². The number of hydrogen-bond donors (Lipinski definition) is 2. The van der Waals surface area contributed by atoms with Crippen molar-refractivity contribution in [1.29, 1.82) is 0 Å². The van der Waals surface area contributed by atoms with Crippen molar-refractivity contribution < 1.29 is 9.59 Å². The number of aryl methyl sites for hydroxylation is 1. The van der Waals surface area contributed by atoms with Crippen LogP contribution in [0, 0.1) is 0 Å². The van der Waals surface area contributed by atoms with Crippen LogP contribution in [0.5, 0.6) is 0 Å². The zero-order chi connectivity index (χ0) is 20.4. The van der Waals surface area contributed by atoms with Gasteiger partial charge in [-0.2, -0.15) is 0 Å². The number of carbonyl (C=O) groups excluding carboxylic acids is 2. The Morgan fingerprint density at radius 3 is 2.62 bits per heavy atom. The van der Waals surface area contributed by atoms with E-state index in [2.05, 4.69) is 31.8 Å². The van der Waals surface area contributed by atoms with Gasteiger partial charge in [0.1, 0.15) is 5.82 Å². The Morgan fingerprint density at radius 1 is 1.00 bits per heavy atom. The third kappa shape index (κ3) is 3.93. The van der Waals surface area contributed by atoms with Gasteiger partial charge in [-0.15, -0.1) is 0 Å². The number of benzene rings is 2. The van der Waals surface area contributed by atoms with Crippen LogP contribution >= 0.6 is 15.9 Å². The molecule has 0 saturated carbocycles. The molecule has 1 aliphatic heterocycles. The van der Waals surface area contributed by atoms with Gasteiger partial charge in [-0.25, -0.2) is 4.98 Å². The number of hydrogen-bond acceptors (Lipinski definition) is 4. The number of carbonyl (C=O) groups is 2. The van der Waals surface area contributed by atoms with E-state index >= 15 is 0 Å². The van der Waals surface area contributed by atoms with Crippen LogP contribution in [0.25, 0.3) is 10.9 Å². The van der Waals surface area contributed by atoms with Crippen molar-refractivity contribution in [3.63, 3.8) is 0 Å². The number of fused-ring (bicyclic) bond motifs is 2. The third-order valence-corrected chi connectivity index (χ3v) is 5.68. The van der Waals surface area contributed by atoms with Gasteiger partial charge in [0.2, 0.25) is 0 Å². The lowest BCUT2D eigenvalue weighted by Crippen LogP contribution is -2.41. The molecule has 8 heteroatoms. The molecule has 1 aliphatic rings. The normalized spacial score (nSPS) is 13.4. The van der Waals surface area contributed by atoms with E-state index in [4.69, 9.17) is 0 Å². The molecule has 3 aromatic rings. The van der Waals surface area contributed by atoms with E-state index in [1.807, 2.05) is 0 Å². The van der Waals surface area contributed by atoms with Crippen LogP contribution in [-0.2, 0) is 13.0 Å². The summed E-state index contributed by atoms with van der Waals surface area (Å²) in [6.07, 6.45) is 3.80. The summed E-state index contributed by atoms with van der Waals surface area (Å²) in [7, 11) is 0. The second-order valence-electron chi connectivity index (χ2n) is 6.92. The molecule has 0 radical (unpaired) electrons. The maximum Gasteiger partial charge on any atom is 0.270 e. The predicted molar refractivity (Wildman–Crippen MR) is 113 cm³/mol. The van der Waals surface area contributed by atoms with E-state index in [0.29, 0.717) is 33.0 Å². The van der Waals surface area contributed by atoms with Crippen LogP contribution in [0.2, 0.25) is 0 Å². The smallest absolute Gasteiger partial charge is 0.270 e. The molecule has 29 heavy (non-hydrogen) atoms. The molecule has 0 spiro atoms. The first-order valence-corrected chi connectivity index (χ1v) is 10.2. The van der Waals surface area contributed by atoms with Crippen LogP contribution in [0.4, 0.5) is 0 Å². The fraction of sp³-hybridized carbons (Fsp3) is 0.238. The Hall–Kier alpha value is -3.00. The number of halogens is 1. The molecule has 2 heterocycles. The monoisotopic (exact) mass is 454 g/mol. The van der Waals surface area contributed by atoms with Gasteiger partial charge >= 0.3 is 0 Å². The highest BCUT2D eigenvalue weighted by Crippen LogP contribution is 2.17. The molecule has 0 atom stereocenters. The molecule has 0 bridgehead atoms. The summed E-state index contributed by atoms with van der Waals surface area (Å²) < 4.78 is 2.37. The van der Waals surface area contributed by atoms with Crippen LogP contribution in [0.15, 0.2) is 51.7 Å². The minimum atomic E-state index is -0.482. The van der Waals surface area contributed by atoms with E-state index < -0.39 is 11.8 Å². The van der Waals surface area contributed by atoms with Crippen LogP contribution in [0.3, 0.4) is 0 Å². The van der Waals surface area contributed by atoms with Crippen molar-refractivity contribution >= 4 is 38.6 Å². The van der Waals surface area contributed by atoms with Crippen molar-refractivity contribution in [1.82, 2.24) is 20.4 Å². The quantitative estimate of drug-likeness (QED) is 0.582. The Labute approximate surface area is 175 Å². The van der Waals surface area contributed by atoms with Crippen molar-refractivity contribution in [2.75, 3.05) is 0 Å². The molecule has 1 aromatic heterocycles. The number of rotatable bonds is 2. The molecule has 148 valence electrons. The van der Waals surface area contributed by atoms with Crippen LogP contribution < -0.4 is 16.4 Å². The summed E-state index contributed by atoms with van der Waals surface area (Å²) in [6.45, 7) is 0.681. The van der Waals surface area contributed by atoms with Gasteiger partial charge in [-0.1, -0.05) is 18.6 Å². The van der Waals surface area contributed by atoms with E-state index in [1.165, 1.54) is 0 Å². The molecular weight excluding hydrogens is 436 g/mol. The average Bonchev–Trinajstić information content (AvgIpc) is 2.97. The summed E-state index contributed by atoms with van der Waals surface area (Å²) >= 11 is 3.30. The summed E-state index contributed by atoms with van der Waals surface area (Å²) in [4.78, 5) is 42.1. The van der Waals surface area contributed by atoms with Crippen LogP contribution in [0.1, 0.15) is 45.8 Å². The number of aromatic nitrogens is 2. The van der Waals surface area contributed by atoms with Gasteiger partial charge in [0.15, 0.2) is 0 Å². The van der Waals surface area contributed by atoms with Gasteiger partial charge in [-0.05, 0) is 59.1 Å². The molecular formula is C21H19BrN4O3. The second kappa shape index (κ2) is 8.16. The number of amides is 2. The van der Waals surface area contributed by atoms with Crippen molar-refractivity contribution in [2.45, 2.75) is 32.2 Å². The number of nitrogens with zero attached hydrogens (tertiary/aromatic N) is 2. The van der Waals surface area contributed by atoms with E-state index in [9.17, 15) is 14.4 Å². The largest absolute Gasteiger partial charge is 0.296 e. The lowest BCUT2D eigenvalue weighted by Gasteiger charge is -2.11. The average molecular weight is 455 g/mol. The third-order valence-electron chi connectivity index (χ3n) is 4.99. The standard InChI is InChI=1S/C21H19BrN4O3/c22-16-7-4-3-6-14(16)20(28)25-24-19(27)13-9-10-15-17(12-13)23-18-8-2-1-5-11-26(18)21(15)29/h3-4,6-7,9-10,12H,1-2,5,8,11H2,(H,24,27)(H,25,28). The molecule has 7 nitrogen and oxygen atoms in total. The SMILES string of the molecule is O=C(NNC(=O)c1ccccc1Br)c1ccc2c(=O)n3c(nc2c1)CCCCC3. The first kappa shape index (κ1) is 19.3. The Bertz CT molecular complexity index is 1170. The minimum Gasteiger partial charge on any atom is -0.296 e. The molecule has 4 rings (SSSR count). The van der Waals surface area contributed by atoms with Gasteiger partial charge in [-0.3, -0.25) is 29.8 Å². The number of nitrogens with one attached hydrogen (secondary N) is 2. The molecule has 0 fully saturated rings. The molecule has 2 N–H and O–H groups in total. The lowest BCUT2D eigenvalue weighted by atomic mass is 10.1. The highest BCUT2D eigenvalue weighted by Gasteiger charge is 2.16. The van der Waals surface area contributed by atoms with E-state index in [0.717, 1.165) is 31.5 Å². The fourth-order valence-corrected chi connectivity index (χ4v) is 3.92. The molecule has 2 aromatic carbocycles. The molecule has 2 amide bonds. The second-order valence-corrected chi connectivity index (χ2v) is 7.77. The Morgan fingerprint density at radius 2 is 1.79 bits per heavy atom. The fourth-order valence-electron chi connectivity index (χ4n) is 3.46. The zero-order valence-corrected chi connectivity index (χ0v) is 17.2. The van der Waals surface area contributed by atoms with Gasteiger partial charge in [0.05, 0.1) is 16.5 Å². The van der Waals surface area contributed by atoms with Crippen molar-refractivity contribution in [3.05, 3.63) is 74.2 Å². The van der Waals surface area contributed by atoms with Crippen LogP contribution in [-0.4, -0.2) is 21.4 Å². The molecule has 0 saturated heterocycles. The summed E-state index contributed by atoms with van der Waals surface area (Å²) in [6, 6.07) is 11.7. The highest BCUT2D eigenvalue weighted by atomic mass is 79.9. The highest BCUT2D eigenvalue weighted by molar-refractivity contribution is 9.10. The maximum atomic E-state index is 12.8. The summed E-state index contributed by atoms with van der Waals surface area (Å²) in [5, 5.41) is 0.490. The molecule has 0 unspecified atom stereocenters. The predicted octanol–water partition coefficient (Wildman–Crippen LogP) is 2.96. The summed E-state index contributed by atoms with van der Waals surface area (Å²) in [5.74, 6) is -0.155. The zero-order valence-electron chi connectivity index (χ0n) is 15.6. The maximum absolute atomic E-state index is 12.8. The van der Waals surface area contributed by atoms with E-state index in [1.54, 1.807) is 47.0 Å². The topological polar surface area (TPSA) is 93.1 Å². The van der Waals surface area contributed by atoms with Gasteiger partial charge < -0.3 is 0 Å².